The SMILES string of the molecule is COc1ccc(C(N)=S)c(-n2cncn2)c1. The van der Waals surface area contributed by atoms with Gasteiger partial charge in [0.25, 0.3) is 0 Å². The molecule has 0 unspecified atom stereocenters. The molecule has 0 spiro atoms. The molecule has 0 aliphatic heterocycles. The van der Waals surface area contributed by atoms with Crippen molar-refractivity contribution in [2.45, 2.75) is 0 Å². The fraction of sp³-hybridized carbons (Fsp3) is 0.100. The molecule has 1 aromatic heterocycles. The summed E-state index contributed by atoms with van der Waals surface area (Å²) in [6.07, 6.45) is 3.03. The molecule has 2 N–H and O–H groups in total. The lowest BCUT2D eigenvalue weighted by Crippen LogP contribution is -2.13. The van der Waals surface area contributed by atoms with Gasteiger partial charge in [-0.3, -0.25) is 0 Å². The van der Waals surface area contributed by atoms with Gasteiger partial charge in [-0.05, 0) is 12.1 Å². The molecule has 0 fully saturated rings. The highest BCUT2D eigenvalue weighted by Gasteiger charge is 2.09. The zero-order valence-corrected chi connectivity index (χ0v) is 9.44. The molecule has 16 heavy (non-hydrogen) atoms. The molecular weight excluding hydrogens is 224 g/mol. The van der Waals surface area contributed by atoms with Crippen LogP contribution in [0.3, 0.4) is 0 Å². The van der Waals surface area contributed by atoms with E-state index in [0.29, 0.717) is 10.7 Å². The van der Waals surface area contributed by atoms with Crippen molar-refractivity contribution in [1.29, 1.82) is 0 Å². The van der Waals surface area contributed by atoms with E-state index >= 15 is 0 Å². The van der Waals surface area contributed by atoms with Crippen LogP contribution in [0.25, 0.3) is 5.69 Å². The Hall–Kier alpha value is -1.95. The molecule has 0 radical (unpaired) electrons. The molecule has 0 amide bonds. The van der Waals surface area contributed by atoms with E-state index in [1.165, 1.54) is 6.33 Å². The van der Waals surface area contributed by atoms with Gasteiger partial charge in [0.1, 0.15) is 23.4 Å². The van der Waals surface area contributed by atoms with E-state index in [9.17, 15) is 0 Å². The van der Waals surface area contributed by atoms with E-state index in [4.69, 9.17) is 22.7 Å². The number of thiocarbonyl (C=S) groups is 1. The average Bonchev–Trinajstić information content (AvgIpc) is 2.81. The van der Waals surface area contributed by atoms with Crippen LogP contribution in [-0.4, -0.2) is 26.9 Å². The van der Waals surface area contributed by atoms with Crippen molar-refractivity contribution in [3.8, 4) is 11.4 Å². The quantitative estimate of drug-likeness (QED) is 0.800. The van der Waals surface area contributed by atoms with Crippen molar-refractivity contribution in [3.63, 3.8) is 0 Å². The first-order valence-electron chi connectivity index (χ1n) is 4.55. The maximum atomic E-state index is 5.64. The van der Waals surface area contributed by atoms with E-state index in [-0.39, 0.29) is 0 Å². The first kappa shape index (κ1) is 10.6. The second-order valence-electron chi connectivity index (χ2n) is 3.09. The van der Waals surface area contributed by atoms with Crippen molar-refractivity contribution < 1.29 is 4.74 Å². The number of ether oxygens (including phenoxy) is 1. The Balaban J connectivity index is 2.59. The number of aromatic nitrogens is 3. The van der Waals surface area contributed by atoms with E-state index in [1.807, 2.05) is 6.07 Å². The summed E-state index contributed by atoms with van der Waals surface area (Å²) in [5.41, 5.74) is 7.13. The highest BCUT2D eigenvalue weighted by molar-refractivity contribution is 7.80. The largest absolute Gasteiger partial charge is 0.497 e. The van der Waals surface area contributed by atoms with Crippen LogP contribution in [0.1, 0.15) is 5.56 Å². The molecule has 0 saturated carbocycles. The summed E-state index contributed by atoms with van der Waals surface area (Å²) >= 11 is 4.98. The van der Waals surface area contributed by atoms with Gasteiger partial charge in [0.2, 0.25) is 0 Å². The summed E-state index contributed by atoms with van der Waals surface area (Å²) in [5.74, 6) is 0.713. The Kier molecular flexibility index (Phi) is 2.82. The Morgan fingerprint density at radius 1 is 1.50 bits per heavy atom. The number of methoxy groups -OCH3 is 1. The predicted octanol–water partition coefficient (Wildman–Crippen LogP) is 0.910. The Morgan fingerprint density at radius 2 is 2.31 bits per heavy atom. The number of hydrogen-bond donors (Lipinski definition) is 1. The van der Waals surface area contributed by atoms with Crippen molar-refractivity contribution in [2.24, 2.45) is 5.73 Å². The molecule has 1 heterocycles. The highest BCUT2D eigenvalue weighted by atomic mass is 32.1. The Bertz CT molecular complexity index is 510. The van der Waals surface area contributed by atoms with Crippen LogP contribution in [0.4, 0.5) is 0 Å². The maximum absolute atomic E-state index is 5.64. The highest BCUT2D eigenvalue weighted by Crippen LogP contribution is 2.20. The molecule has 0 aliphatic carbocycles. The van der Waals surface area contributed by atoms with Gasteiger partial charge < -0.3 is 10.5 Å². The lowest BCUT2D eigenvalue weighted by Gasteiger charge is -2.09. The molecule has 1 aromatic carbocycles. The van der Waals surface area contributed by atoms with E-state index in [2.05, 4.69) is 10.1 Å². The molecule has 5 nitrogen and oxygen atoms in total. The summed E-state index contributed by atoms with van der Waals surface area (Å²) in [7, 11) is 1.60. The molecule has 0 aliphatic rings. The summed E-state index contributed by atoms with van der Waals surface area (Å²) in [6.45, 7) is 0. The van der Waals surface area contributed by atoms with Gasteiger partial charge >= 0.3 is 0 Å². The van der Waals surface area contributed by atoms with Crippen LogP contribution in [0.2, 0.25) is 0 Å². The number of nitrogens with zero attached hydrogens (tertiary/aromatic N) is 3. The first-order chi connectivity index (χ1) is 7.72. The average molecular weight is 234 g/mol. The lowest BCUT2D eigenvalue weighted by molar-refractivity contribution is 0.414. The zero-order valence-electron chi connectivity index (χ0n) is 8.62. The van der Waals surface area contributed by atoms with E-state index in [0.717, 1.165) is 11.3 Å². The first-order valence-corrected chi connectivity index (χ1v) is 4.96. The summed E-state index contributed by atoms with van der Waals surface area (Å²) in [5, 5.41) is 4.04. The fourth-order valence-electron chi connectivity index (χ4n) is 1.37. The van der Waals surface area contributed by atoms with Crippen LogP contribution in [-0.2, 0) is 0 Å². The van der Waals surface area contributed by atoms with Gasteiger partial charge in [0, 0.05) is 11.6 Å². The standard InChI is InChI=1S/C10H10N4OS/c1-15-7-2-3-8(10(11)16)9(4-7)14-6-12-5-13-14/h2-6H,1H3,(H2,11,16). The van der Waals surface area contributed by atoms with E-state index < -0.39 is 0 Å². The molecule has 0 saturated heterocycles. The third-order valence-corrected chi connectivity index (χ3v) is 2.36. The monoisotopic (exact) mass is 234 g/mol. The molecule has 2 rings (SSSR count). The normalized spacial score (nSPS) is 10.1. The number of hydrogen-bond acceptors (Lipinski definition) is 4. The zero-order chi connectivity index (χ0) is 11.5. The van der Waals surface area contributed by atoms with Crippen molar-refractivity contribution in [3.05, 3.63) is 36.4 Å². The Labute approximate surface area is 97.9 Å². The lowest BCUT2D eigenvalue weighted by atomic mass is 10.1. The van der Waals surface area contributed by atoms with Crippen molar-refractivity contribution >= 4 is 17.2 Å². The van der Waals surface area contributed by atoms with Crippen LogP contribution in [0.15, 0.2) is 30.9 Å². The third kappa shape index (κ3) is 1.87. The van der Waals surface area contributed by atoms with Crippen molar-refractivity contribution in [1.82, 2.24) is 14.8 Å². The fourth-order valence-corrected chi connectivity index (χ4v) is 1.54. The maximum Gasteiger partial charge on any atom is 0.138 e. The minimum absolute atomic E-state index is 0.313. The molecule has 6 heteroatoms. The summed E-state index contributed by atoms with van der Waals surface area (Å²) in [4.78, 5) is 4.19. The smallest absolute Gasteiger partial charge is 0.138 e. The van der Waals surface area contributed by atoms with Crippen LogP contribution < -0.4 is 10.5 Å². The molecule has 0 atom stereocenters. The van der Waals surface area contributed by atoms with Gasteiger partial charge in [-0.1, -0.05) is 12.2 Å². The second kappa shape index (κ2) is 4.28. The van der Waals surface area contributed by atoms with Gasteiger partial charge in [0.15, 0.2) is 0 Å². The predicted molar refractivity (Wildman–Crippen MR) is 63.8 cm³/mol. The number of rotatable bonds is 3. The van der Waals surface area contributed by atoms with Gasteiger partial charge in [0.05, 0.1) is 12.8 Å². The number of nitrogens with two attached hydrogens (primary N) is 1. The minimum atomic E-state index is 0.313. The molecule has 0 bridgehead atoms. The van der Waals surface area contributed by atoms with Crippen LogP contribution in [0, 0.1) is 0 Å². The second-order valence-corrected chi connectivity index (χ2v) is 3.53. The molecule has 2 aromatic rings. The molecular formula is C10H10N4OS. The van der Waals surface area contributed by atoms with Crippen LogP contribution >= 0.6 is 12.2 Å². The van der Waals surface area contributed by atoms with Crippen molar-refractivity contribution in [2.75, 3.05) is 7.11 Å². The topological polar surface area (TPSA) is 66.0 Å². The van der Waals surface area contributed by atoms with Gasteiger partial charge in [-0.15, -0.1) is 0 Å². The summed E-state index contributed by atoms with van der Waals surface area (Å²) in [6, 6.07) is 5.41. The van der Waals surface area contributed by atoms with Crippen LogP contribution in [0.5, 0.6) is 5.75 Å². The number of benzene rings is 1. The van der Waals surface area contributed by atoms with Gasteiger partial charge in [-0.2, -0.15) is 5.10 Å². The summed E-state index contributed by atoms with van der Waals surface area (Å²) < 4.78 is 6.74. The van der Waals surface area contributed by atoms with Gasteiger partial charge in [-0.25, -0.2) is 9.67 Å². The minimum Gasteiger partial charge on any atom is -0.497 e. The molecule has 82 valence electrons. The van der Waals surface area contributed by atoms with E-state index in [1.54, 1.807) is 30.3 Å². The Morgan fingerprint density at radius 3 is 2.88 bits per heavy atom. The third-order valence-electron chi connectivity index (χ3n) is 2.14.